The lowest BCUT2D eigenvalue weighted by Gasteiger charge is -2.41. The van der Waals surface area contributed by atoms with E-state index < -0.39 is 32.3 Å². The van der Waals surface area contributed by atoms with Crippen molar-refractivity contribution in [2.24, 2.45) is 0 Å². The summed E-state index contributed by atoms with van der Waals surface area (Å²) >= 11 is 0. The van der Waals surface area contributed by atoms with E-state index in [9.17, 15) is 0 Å². The maximum Gasteiger partial charge on any atom is 0.0867 e. The lowest BCUT2D eigenvalue weighted by molar-refractivity contribution is 0.646. The van der Waals surface area contributed by atoms with Gasteiger partial charge in [0.15, 0.2) is 0 Å². The summed E-state index contributed by atoms with van der Waals surface area (Å²) in [6, 6.07) is 48.6. The summed E-state index contributed by atoms with van der Waals surface area (Å²) in [6.45, 7) is 22.6. The number of nitrogens with zero attached hydrogens (tertiary/aromatic N) is 1. The Hall–Kier alpha value is -1.87. The minimum Gasteiger partial charge on any atom is -0.245 e. The molecule has 0 aliphatic heterocycles. The normalized spacial score (nSPS) is 12.3. The third-order valence-corrected chi connectivity index (χ3v) is 30.2. The number of hydrogen-bond acceptors (Lipinski definition) is 1. The molecular formula is C54H85NP2Si2. The third-order valence-electron chi connectivity index (χ3n) is 13.4. The Balaban J connectivity index is 2.00. The lowest BCUT2D eigenvalue weighted by Crippen LogP contribution is -2.48. The fraction of sp³-hybridized carbons (Fsp3) is 0.556. The Bertz CT molecular complexity index is 1570. The molecule has 0 unspecified atom stereocenters. The minimum absolute atomic E-state index is 0.783. The molecule has 4 aromatic carbocycles. The monoisotopic (exact) mass is 866 g/mol. The molecule has 0 atom stereocenters. The Morgan fingerprint density at radius 1 is 0.373 bits per heavy atom. The highest BCUT2D eigenvalue weighted by Crippen LogP contribution is 2.55. The molecule has 0 heterocycles. The van der Waals surface area contributed by atoms with Crippen molar-refractivity contribution in [1.29, 1.82) is 0 Å². The average Bonchev–Trinajstić information content (AvgIpc) is 3.27. The molecule has 5 heteroatoms. The Morgan fingerprint density at radius 2 is 0.678 bits per heavy atom. The molecule has 0 aliphatic rings. The summed E-state index contributed by atoms with van der Waals surface area (Å²) in [5.41, 5.74) is 2.84. The zero-order valence-corrected chi connectivity index (χ0v) is 43.2. The SMILES string of the molecule is CCCCN(P(c1ccc([Si](CCCC)(CCCC)CCCC)cc1)c1ccc([Si](CCCC)(CCCC)CCCC)cc1)P(c1ccccc1C)c1ccccc1C. The number of rotatable bonds is 29. The van der Waals surface area contributed by atoms with Crippen molar-refractivity contribution in [1.82, 2.24) is 4.44 Å². The van der Waals surface area contributed by atoms with Gasteiger partial charge in [0.1, 0.15) is 0 Å². The summed E-state index contributed by atoms with van der Waals surface area (Å²) < 4.78 is 3.05. The Kier molecular flexibility index (Phi) is 22.4. The molecule has 0 N–H and O–H groups in total. The van der Waals surface area contributed by atoms with E-state index in [1.165, 1.54) is 159 Å². The predicted octanol–water partition coefficient (Wildman–Crippen LogP) is 14.9. The van der Waals surface area contributed by atoms with Gasteiger partial charge in [0.25, 0.3) is 0 Å². The van der Waals surface area contributed by atoms with E-state index in [1.54, 1.807) is 10.4 Å². The topological polar surface area (TPSA) is 3.24 Å². The van der Waals surface area contributed by atoms with Gasteiger partial charge in [-0.1, -0.05) is 276 Å². The van der Waals surface area contributed by atoms with Crippen molar-refractivity contribution in [2.75, 3.05) is 6.54 Å². The lowest BCUT2D eigenvalue weighted by atomic mass is 10.2. The first-order valence-electron chi connectivity index (χ1n) is 24.5. The summed E-state index contributed by atoms with van der Waals surface area (Å²) in [5, 5.41) is 9.59. The molecular weight excluding hydrogens is 781 g/mol. The average molecular weight is 866 g/mol. The van der Waals surface area contributed by atoms with Crippen LogP contribution in [0.25, 0.3) is 0 Å². The quantitative estimate of drug-likeness (QED) is 0.0388. The molecule has 59 heavy (non-hydrogen) atoms. The molecule has 0 aliphatic carbocycles. The van der Waals surface area contributed by atoms with E-state index in [0.717, 1.165) is 6.54 Å². The van der Waals surface area contributed by atoms with Crippen molar-refractivity contribution in [3.05, 3.63) is 108 Å². The highest BCUT2D eigenvalue weighted by Gasteiger charge is 2.37. The number of hydrogen-bond donors (Lipinski definition) is 0. The van der Waals surface area contributed by atoms with E-state index in [1.807, 2.05) is 0 Å². The number of benzene rings is 4. The van der Waals surface area contributed by atoms with E-state index >= 15 is 0 Å². The van der Waals surface area contributed by atoms with Crippen LogP contribution in [0.5, 0.6) is 0 Å². The predicted molar refractivity (Wildman–Crippen MR) is 278 cm³/mol. The second-order valence-corrected chi connectivity index (χ2v) is 31.7. The first-order chi connectivity index (χ1) is 28.8. The Labute approximate surface area is 369 Å². The fourth-order valence-electron chi connectivity index (χ4n) is 9.60. The second-order valence-electron chi connectivity index (χ2n) is 17.9. The number of unbranched alkanes of at least 4 members (excludes halogenated alkanes) is 7. The van der Waals surface area contributed by atoms with E-state index in [-0.39, 0.29) is 0 Å². The van der Waals surface area contributed by atoms with Gasteiger partial charge in [-0.2, -0.15) is 0 Å². The van der Waals surface area contributed by atoms with E-state index in [4.69, 9.17) is 0 Å². The van der Waals surface area contributed by atoms with Gasteiger partial charge in [0.2, 0.25) is 0 Å². The molecule has 0 radical (unpaired) electrons. The van der Waals surface area contributed by atoms with Crippen LogP contribution < -0.4 is 31.6 Å². The first kappa shape index (κ1) is 49.8. The smallest absolute Gasteiger partial charge is 0.0867 e. The maximum atomic E-state index is 3.05. The van der Waals surface area contributed by atoms with E-state index in [0.29, 0.717) is 0 Å². The second kappa shape index (κ2) is 26.6. The van der Waals surface area contributed by atoms with Gasteiger partial charge >= 0.3 is 0 Å². The summed E-state index contributed by atoms with van der Waals surface area (Å²) in [4.78, 5) is 0. The van der Waals surface area contributed by atoms with Gasteiger partial charge in [0.05, 0.1) is 16.1 Å². The summed E-state index contributed by atoms with van der Waals surface area (Å²) in [7, 11) is -4.83. The number of aryl methyl sites for hydroxylation is 2. The van der Waals surface area contributed by atoms with Crippen molar-refractivity contribution >= 4 is 63.9 Å². The Morgan fingerprint density at radius 3 is 0.966 bits per heavy atom. The largest absolute Gasteiger partial charge is 0.245 e. The van der Waals surface area contributed by atoms with Crippen LogP contribution in [0.2, 0.25) is 36.3 Å². The minimum atomic E-state index is -1.62. The van der Waals surface area contributed by atoms with Crippen LogP contribution in [0.15, 0.2) is 97.1 Å². The first-order valence-corrected chi connectivity index (χ1v) is 32.3. The van der Waals surface area contributed by atoms with Crippen molar-refractivity contribution in [2.45, 2.75) is 188 Å². The van der Waals surface area contributed by atoms with Crippen LogP contribution >= 0.6 is 16.1 Å². The van der Waals surface area contributed by atoms with Crippen LogP contribution in [-0.4, -0.2) is 27.1 Å². The molecule has 1 nitrogen and oxygen atoms in total. The summed E-state index contributed by atoms with van der Waals surface area (Å²) in [5.74, 6) is 0. The van der Waals surface area contributed by atoms with Crippen molar-refractivity contribution in [3.8, 4) is 0 Å². The zero-order valence-electron chi connectivity index (χ0n) is 39.4. The molecule has 4 rings (SSSR count). The van der Waals surface area contributed by atoms with Gasteiger partial charge < -0.3 is 0 Å². The van der Waals surface area contributed by atoms with Crippen LogP contribution in [0.4, 0.5) is 0 Å². The highest BCUT2D eigenvalue weighted by atomic mass is 31.2. The zero-order chi connectivity index (χ0) is 42.5. The van der Waals surface area contributed by atoms with Gasteiger partial charge in [-0.3, -0.25) is 0 Å². The maximum absolute atomic E-state index is 3.05. The van der Waals surface area contributed by atoms with Crippen molar-refractivity contribution < 1.29 is 0 Å². The molecule has 0 saturated heterocycles. The molecule has 0 amide bonds. The van der Waals surface area contributed by atoms with Gasteiger partial charge in [-0.15, -0.1) is 0 Å². The molecule has 0 aromatic heterocycles. The van der Waals surface area contributed by atoms with Gasteiger partial charge in [-0.25, -0.2) is 4.44 Å². The fourth-order valence-corrected chi connectivity index (χ4v) is 27.1. The van der Waals surface area contributed by atoms with Crippen LogP contribution in [0.1, 0.15) is 149 Å². The molecule has 0 bridgehead atoms. The summed E-state index contributed by atoms with van der Waals surface area (Å²) in [6.07, 6.45) is 18.5. The molecule has 0 spiro atoms. The molecule has 0 fully saturated rings. The van der Waals surface area contributed by atoms with Crippen LogP contribution in [0.3, 0.4) is 0 Å². The standard InChI is InChI=1S/C54H85NP2Si2/c1-10-17-40-55(57(53-30-26-24-28-47(53)8)54-31-27-25-29-48(54)9)56(49-32-36-51(37-33-49)58(41-18-11-2,42-19-12-3)43-20-13-4)50-34-38-52(39-35-50)59(44-21-14-5,45-22-15-6)46-23-16-7/h24-39H,10-23,40-46H2,1-9H3. The van der Waals surface area contributed by atoms with E-state index in [2.05, 4.69) is 164 Å². The van der Waals surface area contributed by atoms with Gasteiger partial charge in [0, 0.05) is 22.7 Å². The molecule has 0 saturated carbocycles. The van der Waals surface area contributed by atoms with Crippen LogP contribution in [-0.2, 0) is 0 Å². The molecule has 324 valence electrons. The highest BCUT2D eigenvalue weighted by molar-refractivity contribution is 7.84. The van der Waals surface area contributed by atoms with Gasteiger partial charge in [-0.05, 0) is 52.6 Å². The molecule has 4 aromatic rings. The van der Waals surface area contributed by atoms with Crippen LogP contribution in [0, 0.1) is 13.8 Å². The van der Waals surface area contributed by atoms with Crippen molar-refractivity contribution in [3.63, 3.8) is 0 Å². The third kappa shape index (κ3) is 13.6.